The average Bonchev–Trinajstić information content (AvgIpc) is 2.75. The normalized spacial score (nSPS) is 11.6. The van der Waals surface area contributed by atoms with Gasteiger partial charge in [-0.15, -0.1) is 0 Å². The van der Waals surface area contributed by atoms with Crippen LogP contribution >= 0.6 is 7.60 Å². The zero-order valence-corrected chi connectivity index (χ0v) is 18.6. The fourth-order valence-corrected chi connectivity index (χ4v) is 4.86. The van der Waals surface area contributed by atoms with E-state index in [9.17, 15) is 14.5 Å². The zero-order chi connectivity index (χ0) is 22.4. The molecule has 0 aliphatic carbocycles. The Morgan fingerprint density at radius 3 is 2.39 bits per heavy atom. The molecule has 3 aromatic rings. The maximum atomic E-state index is 12.8. The second kappa shape index (κ2) is 10.1. The molecule has 166 valence electrons. The molecule has 10 heteroatoms. The van der Waals surface area contributed by atoms with Crippen LogP contribution in [-0.4, -0.2) is 34.8 Å². The van der Waals surface area contributed by atoms with E-state index >= 15 is 0 Å². The van der Waals surface area contributed by atoms with Crippen LogP contribution in [0.4, 0.5) is 11.5 Å². The van der Waals surface area contributed by atoms with Gasteiger partial charge in [0.15, 0.2) is 11.4 Å². The Labute approximate surface area is 180 Å². The van der Waals surface area contributed by atoms with Gasteiger partial charge < -0.3 is 24.2 Å². The predicted molar refractivity (Wildman–Crippen MR) is 118 cm³/mol. The molecule has 0 aliphatic rings. The number of nitrogens with one attached hydrogen (secondary N) is 1. The highest BCUT2D eigenvalue weighted by atomic mass is 31.2. The van der Waals surface area contributed by atoms with E-state index in [0.29, 0.717) is 30.3 Å². The minimum absolute atomic E-state index is 0.132. The Hall–Kier alpha value is -2.71. The van der Waals surface area contributed by atoms with Crippen molar-refractivity contribution in [3.63, 3.8) is 0 Å². The summed E-state index contributed by atoms with van der Waals surface area (Å²) in [5.41, 5.74) is 1.51. The van der Waals surface area contributed by atoms with E-state index in [2.05, 4.69) is 10.3 Å². The molecule has 2 aromatic heterocycles. The van der Waals surface area contributed by atoms with E-state index in [1.807, 2.05) is 0 Å². The molecule has 2 N–H and O–H groups in total. The van der Waals surface area contributed by atoms with E-state index in [4.69, 9.17) is 13.8 Å². The number of hydrogen-bond acceptors (Lipinski definition) is 8. The molecule has 31 heavy (non-hydrogen) atoms. The maximum Gasteiger partial charge on any atom is 0.335 e. The molecule has 0 unspecified atom stereocenters. The number of ether oxygens (including phenoxy) is 1. The summed E-state index contributed by atoms with van der Waals surface area (Å²) in [6.45, 7) is 3.66. The van der Waals surface area contributed by atoms with Crippen LogP contribution in [0.5, 0.6) is 5.75 Å². The molecule has 0 aliphatic heterocycles. The molecule has 1 aromatic carbocycles. The first-order chi connectivity index (χ1) is 14.9. The molecular formula is C21H26N3O6P. The summed E-state index contributed by atoms with van der Waals surface area (Å²) in [7, 11) is -1.71. The highest BCUT2D eigenvalue weighted by Crippen LogP contribution is 2.51. The van der Waals surface area contributed by atoms with Crippen LogP contribution in [0.25, 0.3) is 5.65 Å². The number of anilines is 2. The van der Waals surface area contributed by atoms with Crippen molar-refractivity contribution in [1.82, 2.24) is 9.38 Å². The highest BCUT2D eigenvalue weighted by Gasteiger charge is 2.24. The first-order valence-electron chi connectivity index (χ1n) is 9.87. The molecule has 0 spiro atoms. The number of aliphatic hydroxyl groups is 1. The number of aliphatic hydroxyl groups excluding tert-OH is 1. The second-order valence-electron chi connectivity index (χ2n) is 6.60. The molecule has 3 rings (SSSR count). The third-order valence-corrected chi connectivity index (χ3v) is 6.59. The second-order valence-corrected chi connectivity index (χ2v) is 8.65. The topological polar surface area (TPSA) is 111 Å². The largest absolute Gasteiger partial charge is 0.493 e. The maximum absolute atomic E-state index is 12.8. The van der Waals surface area contributed by atoms with E-state index in [-0.39, 0.29) is 23.1 Å². The lowest BCUT2D eigenvalue weighted by Gasteiger charge is -2.17. The third-order valence-electron chi connectivity index (χ3n) is 4.53. The highest BCUT2D eigenvalue weighted by molar-refractivity contribution is 7.53. The standard InChI is InChI=1S/C21H26N3O6P/c1-4-29-31(27,30-5-2)14-15-8-10-16(11-9-15)22-19-17(13-25)21(26)24-12-6-7-18(28-3)20(24)23-19/h6-12,22,25H,4-5,13-14H2,1-3H3. The van der Waals surface area contributed by atoms with Crippen molar-refractivity contribution < 1.29 is 23.5 Å². The van der Waals surface area contributed by atoms with Gasteiger partial charge in [-0.05, 0) is 43.7 Å². The number of methoxy groups -OCH3 is 1. The Morgan fingerprint density at radius 1 is 1.13 bits per heavy atom. The summed E-state index contributed by atoms with van der Waals surface area (Å²) in [6, 6.07) is 10.5. The number of fused-ring (bicyclic) bond motifs is 1. The molecular weight excluding hydrogens is 421 g/mol. The summed E-state index contributed by atoms with van der Waals surface area (Å²) < 4.78 is 30.0. The van der Waals surface area contributed by atoms with Gasteiger partial charge in [-0.2, -0.15) is 0 Å². The van der Waals surface area contributed by atoms with Gasteiger partial charge in [0.05, 0.1) is 38.7 Å². The van der Waals surface area contributed by atoms with Crippen LogP contribution < -0.4 is 15.6 Å². The SMILES string of the molecule is CCOP(=O)(Cc1ccc(Nc2nc3c(OC)cccn3c(=O)c2CO)cc1)OCC. The monoisotopic (exact) mass is 447 g/mol. The summed E-state index contributed by atoms with van der Waals surface area (Å²) in [6.07, 6.45) is 1.73. The van der Waals surface area contributed by atoms with Crippen LogP contribution in [0.3, 0.4) is 0 Å². The van der Waals surface area contributed by atoms with Crippen LogP contribution in [0.1, 0.15) is 25.0 Å². The fraction of sp³-hybridized carbons (Fsp3) is 0.333. The molecule has 0 atom stereocenters. The molecule has 9 nitrogen and oxygen atoms in total. The Bertz CT molecular complexity index is 1140. The minimum atomic E-state index is -3.20. The molecule has 0 saturated heterocycles. The van der Waals surface area contributed by atoms with Gasteiger partial charge in [0.2, 0.25) is 0 Å². The van der Waals surface area contributed by atoms with Crippen LogP contribution in [0.2, 0.25) is 0 Å². The number of benzene rings is 1. The molecule has 0 amide bonds. The van der Waals surface area contributed by atoms with Gasteiger partial charge in [0, 0.05) is 11.9 Å². The van der Waals surface area contributed by atoms with Gasteiger partial charge in [0.25, 0.3) is 5.56 Å². The summed E-state index contributed by atoms with van der Waals surface area (Å²) >= 11 is 0. The molecule has 2 heterocycles. The van der Waals surface area contributed by atoms with Crippen molar-refractivity contribution in [2.24, 2.45) is 0 Å². The Morgan fingerprint density at radius 2 is 1.81 bits per heavy atom. The van der Waals surface area contributed by atoms with Crippen LogP contribution in [0, 0.1) is 0 Å². The van der Waals surface area contributed by atoms with Crippen molar-refractivity contribution in [2.45, 2.75) is 26.6 Å². The number of hydrogen-bond donors (Lipinski definition) is 2. The first-order valence-corrected chi connectivity index (χ1v) is 11.6. The lowest BCUT2D eigenvalue weighted by molar-refractivity contribution is 0.219. The van der Waals surface area contributed by atoms with E-state index in [0.717, 1.165) is 5.56 Å². The van der Waals surface area contributed by atoms with Crippen LogP contribution in [0.15, 0.2) is 47.4 Å². The van der Waals surface area contributed by atoms with Crippen molar-refractivity contribution >= 4 is 24.7 Å². The average molecular weight is 447 g/mol. The van der Waals surface area contributed by atoms with Crippen molar-refractivity contribution in [2.75, 3.05) is 25.6 Å². The smallest absolute Gasteiger partial charge is 0.335 e. The lowest BCUT2D eigenvalue weighted by atomic mass is 10.2. The summed E-state index contributed by atoms with van der Waals surface area (Å²) in [5.74, 6) is 0.671. The van der Waals surface area contributed by atoms with Crippen molar-refractivity contribution in [3.05, 3.63) is 64.1 Å². The third kappa shape index (κ3) is 5.14. The summed E-state index contributed by atoms with van der Waals surface area (Å²) in [5, 5.41) is 12.8. The first kappa shape index (κ1) is 23.0. The quantitative estimate of drug-likeness (QED) is 0.453. The molecule has 0 fully saturated rings. The molecule has 0 saturated carbocycles. The Kier molecular flexibility index (Phi) is 7.46. The lowest BCUT2D eigenvalue weighted by Crippen LogP contribution is -2.22. The predicted octanol–water partition coefficient (Wildman–Crippen LogP) is 3.71. The number of aromatic nitrogens is 2. The van der Waals surface area contributed by atoms with E-state index in [1.165, 1.54) is 11.5 Å². The van der Waals surface area contributed by atoms with Gasteiger partial charge in [-0.3, -0.25) is 13.8 Å². The fourth-order valence-electron chi connectivity index (χ4n) is 3.15. The van der Waals surface area contributed by atoms with Crippen LogP contribution in [-0.2, 0) is 26.4 Å². The van der Waals surface area contributed by atoms with Gasteiger partial charge in [-0.25, -0.2) is 4.98 Å². The van der Waals surface area contributed by atoms with E-state index in [1.54, 1.807) is 56.4 Å². The number of pyridine rings is 1. The minimum Gasteiger partial charge on any atom is -0.493 e. The van der Waals surface area contributed by atoms with Crippen molar-refractivity contribution in [1.29, 1.82) is 0 Å². The Balaban J connectivity index is 1.90. The van der Waals surface area contributed by atoms with E-state index < -0.39 is 14.2 Å². The summed E-state index contributed by atoms with van der Waals surface area (Å²) in [4.78, 5) is 17.3. The van der Waals surface area contributed by atoms with Gasteiger partial charge in [0.1, 0.15) is 5.82 Å². The van der Waals surface area contributed by atoms with Crippen molar-refractivity contribution in [3.8, 4) is 5.75 Å². The van der Waals surface area contributed by atoms with Gasteiger partial charge in [-0.1, -0.05) is 12.1 Å². The number of rotatable bonds is 10. The molecule has 0 radical (unpaired) electrons. The zero-order valence-electron chi connectivity index (χ0n) is 17.7. The van der Waals surface area contributed by atoms with Gasteiger partial charge >= 0.3 is 7.60 Å². The molecule has 0 bridgehead atoms. The number of nitrogens with zero attached hydrogens (tertiary/aromatic N) is 2.